The van der Waals surface area contributed by atoms with Crippen LogP contribution in [0, 0.1) is 0 Å². The van der Waals surface area contributed by atoms with Crippen molar-refractivity contribution >= 4 is 11.3 Å². The molecule has 2 N–H and O–H groups in total. The van der Waals surface area contributed by atoms with Crippen LogP contribution in [0.2, 0.25) is 0 Å². The molecule has 2 nitrogen and oxygen atoms in total. The van der Waals surface area contributed by atoms with Gasteiger partial charge in [0.25, 0.3) is 0 Å². The minimum absolute atomic E-state index is 0.286. The van der Waals surface area contributed by atoms with Crippen molar-refractivity contribution in [3.05, 3.63) is 16.1 Å². The summed E-state index contributed by atoms with van der Waals surface area (Å²) in [6.07, 6.45) is 1.03. The molecule has 1 aromatic rings. The molecule has 1 heterocycles. The Bertz CT molecular complexity index is 235. The van der Waals surface area contributed by atoms with Gasteiger partial charge in [-0.3, -0.25) is 0 Å². The molecule has 76 valence electrons. The van der Waals surface area contributed by atoms with Crippen LogP contribution in [-0.2, 0) is 12.0 Å². The van der Waals surface area contributed by atoms with Gasteiger partial charge in [0.05, 0.1) is 16.7 Å². The first-order chi connectivity index (χ1) is 6.05. The highest BCUT2D eigenvalue weighted by molar-refractivity contribution is 7.09. The molecule has 0 bridgehead atoms. The quantitative estimate of drug-likeness (QED) is 0.797. The second-order valence-corrected chi connectivity index (χ2v) is 4.14. The summed E-state index contributed by atoms with van der Waals surface area (Å²) in [5, 5.41) is 0. The molecule has 3 heteroatoms. The van der Waals surface area contributed by atoms with E-state index in [4.69, 9.17) is 5.73 Å². The lowest BCUT2D eigenvalue weighted by Crippen LogP contribution is -2.30. The van der Waals surface area contributed by atoms with Crippen molar-refractivity contribution in [2.75, 3.05) is 0 Å². The molecule has 1 aromatic heterocycles. The summed E-state index contributed by atoms with van der Waals surface area (Å²) in [6.45, 7) is 10.1. The van der Waals surface area contributed by atoms with E-state index in [-0.39, 0.29) is 5.54 Å². The van der Waals surface area contributed by atoms with E-state index >= 15 is 0 Å². The van der Waals surface area contributed by atoms with Crippen LogP contribution in [-0.4, -0.2) is 4.98 Å². The van der Waals surface area contributed by atoms with Gasteiger partial charge in [-0.25, -0.2) is 4.98 Å². The monoisotopic (exact) mass is 200 g/mol. The summed E-state index contributed by atoms with van der Waals surface area (Å²) in [5.74, 6) is 0. The Hall–Kier alpha value is -0.410. The van der Waals surface area contributed by atoms with Crippen LogP contribution in [0.4, 0.5) is 0 Å². The second-order valence-electron chi connectivity index (χ2n) is 3.20. The molecule has 0 unspecified atom stereocenters. The number of nitrogens with two attached hydrogens (primary N) is 1. The van der Waals surface area contributed by atoms with E-state index in [0.717, 1.165) is 12.1 Å². The standard InChI is InChI=1S/C8H14N2S.C2H6/c1-4-6-7(8(2,3)9)10-5-11-6;1-2/h5H,4,9H2,1-3H3;1-2H3. The topological polar surface area (TPSA) is 38.9 Å². The van der Waals surface area contributed by atoms with Crippen LogP contribution < -0.4 is 5.73 Å². The fraction of sp³-hybridized carbons (Fsp3) is 0.700. The molecule has 0 aromatic carbocycles. The Morgan fingerprint density at radius 1 is 1.46 bits per heavy atom. The van der Waals surface area contributed by atoms with Gasteiger partial charge in [-0.15, -0.1) is 11.3 Å². The average molecular weight is 200 g/mol. The van der Waals surface area contributed by atoms with Crippen molar-refractivity contribution in [3.8, 4) is 0 Å². The largest absolute Gasteiger partial charge is 0.321 e. The van der Waals surface area contributed by atoms with E-state index < -0.39 is 0 Å². The Kier molecular flexibility index (Phi) is 5.18. The number of hydrogen-bond acceptors (Lipinski definition) is 3. The van der Waals surface area contributed by atoms with Crippen LogP contribution in [0.1, 0.15) is 45.2 Å². The third-order valence-electron chi connectivity index (χ3n) is 1.57. The summed E-state index contributed by atoms with van der Waals surface area (Å²) in [4.78, 5) is 5.56. The highest BCUT2D eigenvalue weighted by atomic mass is 32.1. The van der Waals surface area contributed by atoms with Crippen LogP contribution >= 0.6 is 11.3 Å². The van der Waals surface area contributed by atoms with Gasteiger partial charge in [0.15, 0.2) is 0 Å². The molecule has 0 fully saturated rings. The van der Waals surface area contributed by atoms with E-state index in [0.29, 0.717) is 0 Å². The Labute approximate surface area is 85.2 Å². The van der Waals surface area contributed by atoms with E-state index in [1.165, 1.54) is 4.88 Å². The predicted octanol–water partition coefficient (Wildman–Crippen LogP) is 2.93. The van der Waals surface area contributed by atoms with Gasteiger partial charge in [0, 0.05) is 4.88 Å². The maximum atomic E-state index is 5.92. The molecule has 0 spiro atoms. The normalized spacial score (nSPS) is 10.6. The lowest BCUT2D eigenvalue weighted by molar-refractivity contribution is 0.533. The molecule has 0 aliphatic carbocycles. The molecule has 0 radical (unpaired) electrons. The molecule has 0 atom stereocenters. The average Bonchev–Trinajstić information content (AvgIpc) is 2.54. The molecular weight excluding hydrogens is 180 g/mol. The molecule has 0 aliphatic heterocycles. The maximum absolute atomic E-state index is 5.92. The van der Waals surface area contributed by atoms with Crippen molar-refractivity contribution in [3.63, 3.8) is 0 Å². The van der Waals surface area contributed by atoms with Crippen LogP contribution in [0.15, 0.2) is 5.51 Å². The summed E-state index contributed by atoms with van der Waals surface area (Å²) in [6, 6.07) is 0. The number of thiazole rings is 1. The lowest BCUT2D eigenvalue weighted by Gasteiger charge is -2.17. The minimum atomic E-state index is -0.286. The molecule has 1 rings (SSSR count). The first-order valence-corrected chi connectivity index (χ1v) is 5.65. The Balaban J connectivity index is 0.000000671. The Morgan fingerprint density at radius 3 is 2.31 bits per heavy atom. The maximum Gasteiger partial charge on any atom is 0.0798 e. The molecule has 0 amide bonds. The first kappa shape index (κ1) is 12.6. The zero-order valence-electron chi connectivity index (χ0n) is 9.22. The van der Waals surface area contributed by atoms with Crippen molar-refractivity contribution < 1.29 is 0 Å². The summed E-state index contributed by atoms with van der Waals surface area (Å²) >= 11 is 1.69. The highest BCUT2D eigenvalue weighted by Crippen LogP contribution is 2.23. The fourth-order valence-electron chi connectivity index (χ4n) is 1.05. The first-order valence-electron chi connectivity index (χ1n) is 4.77. The predicted molar refractivity (Wildman–Crippen MR) is 60.1 cm³/mol. The molecular formula is C10H20N2S. The van der Waals surface area contributed by atoms with Gasteiger partial charge in [-0.1, -0.05) is 20.8 Å². The third-order valence-corrected chi connectivity index (χ3v) is 2.55. The van der Waals surface area contributed by atoms with Gasteiger partial charge in [-0.2, -0.15) is 0 Å². The van der Waals surface area contributed by atoms with Crippen LogP contribution in [0.25, 0.3) is 0 Å². The third kappa shape index (κ3) is 3.44. The van der Waals surface area contributed by atoms with Crippen molar-refractivity contribution in [2.45, 2.75) is 46.6 Å². The van der Waals surface area contributed by atoms with Gasteiger partial charge < -0.3 is 5.73 Å². The summed E-state index contributed by atoms with van der Waals surface area (Å²) in [7, 11) is 0. The second kappa shape index (κ2) is 5.35. The van der Waals surface area contributed by atoms with Gasteiger partial charge >= 0.3 is 0 Å². The number of nitrogens with zero attached hydrogens (tertiary/aromatic N) is 1. The van der Waals surface area contributed by atoms with Gasteiger partial charge in [-0.05, 0) is 20.3 Å². The summed E-state index contributed by atoms with van der Waals surface area (Å²) in [5.41, 5.74) is 8.55. The van der Waals surface area contributed by atoms with Gasteiger partial charge in [0.2, 0.25) is 0 Å². The minimum Gasteiger partial charge on any atom is -0.321 e. The highest BCUT2D eigenvalue weighted by Gasteiger charge is 2.19. The number of aromatic nitrogens is 1. The molecule has 0 aliphatic rings. The fourth-order valence-corrected chi connectivity index (χ4v) is 1.93. The van der Waals surface area contributed by atoms with Crippen molar-refractivity contribution in [2.24, 2.45) is 5.73 Å². The van der Waals surface area contributed by atoms with E-state index in [2.05, 4.69) is 11.9 Å². The van der Waals surface area contributed by atoms with Crippen LogP contribution in [0.5, 0.6) is 0 Å². The number of hydrogen-bond donors (Lipinski definition) is 1. The van der Waals surface area contributed by atoms with E-state index in [9.17, 15) is 0 Å². The zero-order chi connectivity index (χ0) is 10.5. The van der Waals surface area contributed by atoms with Crippen molar-refractivity contribution in [1.29, 1.82) is 0 Å². The van der Waals surface area contributed by atoms with Gasteiger partial charge in [0.1, 0.15) is 0 Å². The lowest BCUT2D eigenvalue weighted by atomic mass is 10.0. The molecule has 13 heavy (non-hydrogen) atoms. The smallest absolute Gasteiger partial charge is 0.0798 e. The van der Waals surface area contributed by atoms with Crippen molar-refractivity contribution in [1.82, 2.24) is 4.98 Å². The van der Waals surface area contributed by atoms with E-state index in [1.807, 2.05) is 33.2 Å². The Morgan fingerprint density at radius 2 is 2.00 bits per heavy atom. The zero-order valence-corrected chi connectivity index (χ0v) is 10.0. The number of rotatable bonds is 2. The molecule has 0 saturated heterocycles. The van der Waals surface area contributed by atoms with E-state index in [1.54, 1.807) is 11.3 Å². The van der Waals surface area contributed by atoms with Crippen LogP contribution in [0.3, 0.4) is 0 Å². The summed E-state index contributed by atoms with van der Waals surface area (Å²) < 4.78 is 0. The molecule has 0 saturated carbocycles. The number of aryl methyl sites for hydroxylation is 1. The SMILES string of the molecule is CC.CCc1scnc1C(C)(C)N.